The van der Waals surface area contributed by atoms with E-state index in [1.54, 1.807) is 6.07 Å². The number of nitrogens with one attached hydrogen (secondary N) is 3. The van der Waals surface area contributed by atoms with Crippen molar-refractivity contribution >= 4 is 46.4 Å². The van der Waals surface area contributed by atoms with Gasteiger partial charge in [-0.1, -0.05) is 30.1 Å². The molecule has 0 saturated heterocycles. The Balaban J connectivity index is 2.07. The number of amides is 1. The summed E-state index contributed by atoms with van der Waals surface area (Å²) in [6.07, 6.45) is 2.27. The van der Waals surface area contributed by atoms with Gasteiger partial charge in [0.25, 0.3) is 5.91 Å². The molecule has 0 aliphatic heterocycles. The first-order valence-electron chi connectivity index (χ1n) is 6.88. The number of nitrogens with zero attached hydrogens (tertiary/aromatic N) is 2. The summed E-state index contributed by atoms with van der Waals surface area (Å²) >= 11 is 11.8. The molecule has 1 heterocycles. The van der Waals surface area contributed by atoms with Crippen molar-refractivity contribution in [2.24, 2.45) is 0 Å². The molecule has 1 aromatic heterocycles. The number of hydrazine groups is 1. The van der Waals surface area contributed by atoms with Gasteiger partial charge in [0.05, 0.1) is 10.6 Å². The number of hydrogen-bond acceptors (Lipinski definition) is 6. The third-order valence-corrected chi connectivity index (χ3v) is 3.44. The highest BCUT2D eigenvalue weighted by Gasteiger charge is 2.12. The first-order valence-corrected chi connectivity index (χ1v) is 7.64. The zero-order valence-electron chi connectivity index (χ0n) is 12.4. The molecule has 0 unspecified atom stereocenters. The second kappa shape index (κ2) is 7.85. The highest BCUT2D eigenvalue weighted by atomic mass is 35.5. The molecule has 0 atom stereocenters. The Morgan fingerprint density at radius 2 is 2.00 bits per heavy atom. The summed E-state index contributed by atoms with van der Waals surface area (Å²) < 4.78 is 0. The largest absolute Gasteiger partial charge is 0.393 e. The van der Waals surface area contributed by atoms with E-state index in [1.807, 2.05) is 6.92 Å². The van der Waals surface area contributed by atoms with Crippen LogP contribution in [0.3, 0.4) is 0 Å². The maximum Gasteiger partial charge on any atom is 0.271 e. The van der Waals surface area contributed by atoms with Crippen molar-refractivity contribution in [3.63, 3.8) is 0 Å². The lowest BCUT2D eigenvalue weighted by Crippen LogP contribution is -2.30. The number of halogens is 2. The van der Waals surface area contributed by atoms with Gasteiger partial charge in [-0.05, 0) is 24.6 Å². The van der Waals surface area contributed by atoms with Gasteiger partial charge in [-0.25, -0.2) is 9.97 Å². The Morgan fingerprint density at radius 1 is 1.26 bits per heavy atom. The molecule has 0 radical (unpaired) electrons. The lowest BCUT2D eigenvalue weighted by molar-refractivity contribution is 0.0962. The van der Waals surface area contributed by atoms with Gasteiger partial charge in [-0.2, -0.15) is 0 Å². The molecule has 23 heavy (non-hydrogen) atoms. The Morgan fingerprint density at radius 3 is 2.70 bits per heavy atom. The standard InChI is InChI=1S/C14H16Cl2N6O/c1-2-5-18-12-11(17)13(20-7-19-12)21-22-14(23)9-4-3-8(15)6-10(9)16/h3-4,6-7H,2,5,17H2,1H3,(H,22,23)(H2,18,19,20,21). The normalized spacial score (nSPS) is 10.2. The fourth-order valence-electron chi connectivity index (χ4n) is 1.74. The molecule has 1 aromatic carbocycles. The van der Waals surface area contributed by atoms with Crippen molar-refractivity contribution in [1.82, 2.24) is 15.4 Å². The first-order chi connectivity index (χ1) is 11.0. The van der Waals surface area contributed by atoms with E-state index in [0.717, 1.165) is 13.0 Å². The van der Waals surface area contributed by atoms with Gasteiger partial charge >= 0.3 is 0 Å². The predicted molar refractivity (Wildman–Crippen MR) is 92.8 cm³/mol. The van der Waals surface area contributed by atoms with Gasteiger partial charge < -0.3 is 11.1 Å². The van der Waals surface area contributed by atoms with Crippen LogP contribution in [0.15, 0.2) is 24.5 Å². The Labute approximate surface area is 143 Å². The molecule has 0 fully saturated rings. The average molecular weight is 355 g/mol. The number of carbonyl (C=O) groups is 1. The number of anilines is 3. The fourth-order valence-corrected chi connectivity index (χ4v) is 2.23. The van der Waals surface area contributed by atoms with Crippen molar-refractivity contribution < 1.29 is 4.79 Å². The van der Waals surface area contributed by atoms with Crippen LogP contribution in [0.5, 0.6) is 0 Å². The van der Waals surface area contributed by atoms with E-state index >= 15 is 0 Å². The summed E-state index contributed by atoms with van der Waals surface area (Å²) in [5, 5.41) is 3.77. The van der Waals surface area contributed by atoms with Crippen LogP contribution in [0, 0.1) is 0 Å². The lowest BCUT2D eigenvalue weighted by atomic mass is 10.2. The second-order valence-electron chi connectivity index (χ2n) is 4.61. The first kappa shape index (κ1) is 17.1. The van der Waals surface area contributed by atoms with Crippen molar-refractivity contribution in [1.29, 1.82) is 0 Å². The number of hydrogen-bond donors (Lipinski definition) is 4. The zero-order chi connectivity index (χ0) is 16.8. The number of carbonyl (C=O) groups excluding carboxylic acids is 1. The molecule has 2 aromatic rings. The maximum absolute atomic E-state index is 12.1. The fraction of sp³-hybridized carbons (Fsp3) is 0.214. The van der Waals surface area contributed by atoms with Crippen LogP contribution in [0.4, 0.5) is 17.3 Å². The van der Waals surface area contributed by atoms with E-state index in [9.17, 15) is 4.79 Å². The molecule has 0 bridgehead atoms. The van der Waals surface area contributed by atoms with E-state index in [2.05, 4.69) is 26.1 Å². The summed E-state index contributed by atoms with van der Waals surface area (Å²) in [7, 11) is 0. The van der Waals surface area contributed by atoms with Gasteiger partial charge in [0.15, 0.2) is 11.6 Å². The van der Waals surface area contributed by atoms with Gasteiger partial charge in [0, 0.05) is 11.6 Å². The molecule has 9 heteroatoms. The molecule has 7 nitrogen and oxygen atoms in total. The smallest absolute Gasteiger partial charge is 0.271 e. The summed E-state index contributed by atoms with van der Waals surface area (Å²) in [6.45, 7) is 2.76. The topological polar surface area (TPSA) is 105 Å². The second-order valence-corrected chi connectivity index (χ2v) is 5.46. The zero-order valence-corrected chi connectivity index (χ0v) is 13.9. The molecule has 5 N–H and O–H groups in total. The number of aromatic nitrogens is 2. The van der Waals surface area contributed by atoms with Crippen LogP contribution in [-0.2, 0) is 0 Å². The third kappa shape index (κ3) is 4.37. The molecular formula is C14H16Cl2N6O. The summed E-state index contributed by atoms with van der Waals surface area (Å²) in [5.41, 5.74) is 11.7. The minimum atomic E-state index is -0.437. The van der Waals surface area contributed by atoms with Crippen molar-refractivity contribution in [3.05, 3.63) is 40.1 Å². The van der Waals surface area contributed by atoms with E-state index in [-0.39, 0.29) is 16.4 Å². The van der Waals surface area contributed by atoms with Gasteiger partial charge in [-0.3, -0.25) is 15.6 Å². The molecular weight excluding hydrogens is 339 g/mol. The van der Waals surface area contributed by atoms with Crippen LogP contribution in [0.25, 0.3) is 0 Å². The molecule has 0 aliphatic rings. The van der Waals surface area contributed by atoms with Crippen LogP contribution in [0.2, 0.25) is 10.0 Å². The highest BCUT2D eigenvalue weighted by molar-refractivity contribution is 6.36. The van der Waals surface area contributed by atoms with Gasteiger partial charge in [-0.15, -0.1) is 0 Å². The molecule has 1 amide bonds. The van der Waals surface area contributed by atoms with E-state index in [1.165, 1.54) is 18.5 Å². The molecule has 0 spiro atoms. The summed E-state index contributed by atoms with van der Waals surface area (Å²) in [5.74, 6) is 0.355. The third-order valence-electron chi connectivity index (χ3n) is 2.90. The monoisotopic (exact) mass is 354 g/mol. The average Bonchev–Trinajstić information content (AvgIpc) is 2.52. The number of rotatable bonds is 6. The van der Waals surface area contributed by atoms with E-state index in [4.69, 9.17) is 28.9 Å². The maximum atomic E-state index is 12.1. The van der Waals surface area contributed by atoms with Crippen LogP contribution in [-0.4, -0.2) is 22.4 Å². The van der Waals surface area contributed by atoms with Gasteiger partial charge in [0.1, 0.15) is 12.0 Å². The minimum absolute atomic E-state index is 0.248. The Kier molecular flexibility index (Phi) is 5.84. The predicted octanol–water partition coefficient (Wildman–Crippen LogP) is 2.94. The van der Waals surface area contributed by atoms with E-state index < -0.39 is 5.91 Å². The van der Waals surface area contributed by atoms with E-state index in [0.29, 0.717) is 16.5 Å². The summed E-state index contributed by atoms with van der Waals surface area (Å²) in [4.78, 5) is 20.2. The molecule has 2 rings (SSSR count). The number of benzene rings is 1. The summed E-state index contributed by atoms with van der Waals surface area (Å²) in [6, 6.07) is 4.59. The Bertz CT molecular complexity index is 710. The Hall–Kier alpha value is -2.25. The minimum Gasteiger partial charge on any atom is -0.393 e. The van der Waals surface area contributed by atoms with Crippen LogP contribution in [0.1, 0.15) is 23.7 Å². The van der Waals surface area contributed by atoms with Crippen molar-refractivity contribution in [3.8, 4) is 0 Å². The van der Waals surface area contributed by atoms with Gasteiger partial charge in [0.2, 0.25) is 0 Å². The quantitative estimate of drug-likeness (QED) is 0.594. The van der Waals surface area contributed by atoms with Crippen molar-refractivity contribution in [2.75, 3.05) is 23.0 Å². The van der Waals surface area contributed by atoms with Crippen LogP contribution < -0.4 is 21.9 Å². The number of nitrogens with two attached hydrogens (primary N) is 1. The highest BCUT2D eigenvalue weighted by Crippen LogP contribution is 2.23. The van der Waals surface area contributed by atoms with Crippen LogP contribution >= 0.6 is 23.2 Å². The number of nitrogen functional groups attached to an aromatic ring is 1. The lowest BCUT2D eigenvalue weighted by Gasteiger charge is -2.13. The molecule has 0 saturated carbocycles. The molecule has 122 valence electrons. The van der Waals surface area contributed by atoms with Crippen molar-refractivity contribution in [2.45, 2.75) is 13.3 Å². The molecule has 0 aliphatic carbocycles. The SMILES string of the molecule is CCCNc1ncnc(NNC(=O)c2ccc(Cl)cc2Cl)c1N.